The molecule has 0 atom stereocenters. The van der Waals surface area contributed by atoms with Crippen LogP contribution in [0.4, 0.5) is 4.39 Å². The predicted molar refractivity (Wildman–Crippen MR) is 68.3 cm³/mol. The van der Waals surface area contributed by atoms with Crippen LogP contribution in [0.15, 0.2) is 51.4 Å². The van der Waals surface area contributed by atoms with E-state index in [1.807, 2.05) is 18.2 Å². The average Bonchev–Trinajstić information content (AvgIpc) is 2.27. The van der Waals surface area contributed by atoms with Crippen LogP contribution in [0.1, 0.15) is 0 Å². The van der Waals surface area contributed by atoms with Crippen molar-refractivity contribution in [2.75, 3.05) is 0 Å². The van der Waals surface area contributed by atoms with Gasteiger partial charge in [0.2, 0.25) is 0 Å². The van der Waals surface area contributed by atoms with Crippen molar-refractivity contribution in [3.8, 4) is 11.5 Å². The van der Waals surface area contributed by atoms with Gasteiger partial charge in [0.25, 0.3) is 0 Å². The summed E-state index contributed by atoms with van der Waals surface area (Å²) < 4.78 is 20.1. The third kappa shape index (κ3) is 2.83. The molecule has 0 saturated carbocycles. The monoisotopic (exact) mass is 344 g/mol. The van der Waals surface area contributed by atoms with E-state index in [1.165, 1.54) is 12.1 Å². The fourth-order valence-corrected chi connectivity index (χ4v) is 1.78. The predicted octanol–water partition coefficient (Wildman–Crippen LogP) is 5.14. The van der Waals surface area contributed by atoms with Crippen molar-refractivity contribution in [2.24, 2.45) is 0 Å². The number of ether oxygens (including phenoxy) is 1. The zero-order valence-corrected chi connectivity index (χ0v) is 11.3. The molecule has 0 spiro atoms. The van der Waals surface area contributed by atoms with Crippen LogP contribution in [-0.4, -0.2) is 0 Å². The van der Waals surface area contributed by atoms with Crippen LogP contribution < -0.4 is 4.74 Å². The van der Waals surface area contributed by atoms with E-state index in [-0.39, 0.29) is 5.82 Å². The normalized spacial score (nSPS) is 10.2. The Morgan fingerprint density at radius 3 is 2.06 bits per heavy atom. The minimum Gasteiger partial charge on any atom is -0.457 e. The highest BCUT2D eigenvalue weighted by molar-refractivity contribution is 9.13. The highest BCUT2D eigenvalue weighted by Gasteiger charge is 2.01. The van der Waals surface area contributed by atoms with Crippen molar-refractivity contribution in [3.63, 3.8) is 0 Å². The quantitative estimate of drug-likeness (QED) is 0.732. The summed E-state index contributed by atoms with van der Waals surface area (Å²) in [5.41, 5.74) is 0. The molecule has 16 heavy (non-hydrogen) atoms. The van der Waals surface area contributed by atoms with E-state index >= 15 is 0 Å². The maximum absolute atomic E-state index is 12.7. The number of hydrogen-bond acceptors (Lipinski definition) is 1. The van der Waals surface area contributed by atoms with Crippen molar-refractivity contribution in [2.45, 2.75) is 0 Å². The molecule has 0 aliphatic rings. The van der Waals surface area contributed by atoms with Crippen molar-refractivity contribution < 1.29 is 9.13 Å². The van der Waals surface area contributed by atoms with Crippen LogP contribution in [0, 0.1) is 5.82 Å². The van der Waals surface area contributed by atoms with Crippen LogP contribution >= 0.6 is 31.9 Å². The largest absolute Gasteiger partial charge is 0.457 e. The Morgan fingerprint density at radius 2 is 1.44 bits per heavy atom. The Hall–Kier alpha value is -0.870. The molecule has 0 aliphatic carbocycles. The first-order valence-electron chi connectivity index (χ1n) is 4.53. The highest BCUT2D eigenvalue weighted by Crippen LogP contribution is 2.29. The molecule has 0 fully saturated rings. The summed E-state index contributed by atoms with van der Waals surface area (Å²) in [4.78, 5) is 0. The first-order valence-corrected chi connectivity index (χ1v) is 6.12. The van der Waals surface area contributed by atoms with Crippen LogP contribution in [0.25, 0.3) is 0 Å². The van der Waals surface area contributed by atoms with E-state index in [0.29, 0.717) is 11.5 Å². The lowest BCUT2D eigenvalue weighted by Gasteiger charge is -2.06. The smallest absolute Gasteiger partial charge is 0.128 e. The molecule has 2 rings (SSSR count). The van der Waals surface area contributed by atoms with Gasteiger partial charge in [0.05, 0.1) is 0 Å². The van der Waals surface area contributed by atoms with E-state index in [2.05, 4.69) is 31.9 Å². The van der Waals surface area contributed by atoms with Gasteiger partial charge in [-0.3, -0.25) is 0 Å². The van der Waals surface area contributed by atoms with Gasteiger partial charge in [-0.1, -0.05) is 0 Å². The van der Waals surface area contributed by atoms with Crippen LogP contribution in [0.3, 0.4) is 0 Å². The molecular weight excluding hydrogens is 339 g/mol. The van der Waals surface area contributed by atoms with Gasteiger partial charge in [-0.15, -0.1) is 0 Å². The number of benzene rings is 2. The van der Waals surface area contributed by atoms with Crippen LogP contribution in [-0.2, 0) is 0 Å². The average molecular weight is 346 g/mol. The topological polar surface area (TPSA) is 9.23 Å². The maximum Gasteiger partial charge on any atom is 0.128 e. The highest BCUT2D eigenvalue weighted by atomic mass is 79.9. The summed E-state index contributed by atoms with van der Waals surface area (Å²) in [6.07, 6.45) is 0. The second kappa shape index (κ2) is 4.97. The lowest BCUT2D eigenvalue weighted by atomic mass is 10.3. The van der Waals surface area contributed by atoms with Crippen LogP contribution in [0.5, 0.6) is 11.5 Å². The van der Waals surface area contributed by atoms with Gasteiger partial charge in [-0.25, -0.2) is 4.39 Å². The van der Waals surface area contributed by atoms with E-state index in [9.17, 15) is 4.39 Å². The fourth-order valence-electron chi connectivity index (χ4n) is 1.18. The summed E-state index contributed by atoms with van der Waals surface area (Å²) in [6, 6.07) is 11.5. The second-order valence-corrected chi connectivity index (χ2v) is 4.84. The standard InChI is InChI=1S/C12H7Br2FO/c13-11-6-5-10(7-12(11)14)16-9-3-1-8(15)2-4-9/h1-7H. The first kappa shape index (κ1) is 11.6. The SMILES string of the molecule is Fc1ccc(Oc2ccc(Br)c(Br)c2)cc1. The van der Waals surface area contributed by atoms with Crippen molar-refractivity contribution in [3.05, 3.63) is 57.2 Å². The molecule has 2 aromatic rings. The third-order valence-electron chi connectivity index (χ3n) is 1.94. The Bertz CT molecular complexity index is 497. The summed E-state index contributed by atoms with van der Waals surface area (Å²) in [7, 11) is 0. The molecule has 0 aliphatic heterocycles. The molecule has 0 unspecified atom stereocenters. The molecule has 0 aromatic heterocycles. The van der Waals surface area contributed by atoms with Gasteiger partial charge >= 0.3 is 0 Å². The van der Waals surface area contributed by atoms with E-state index in [1.54, 1.807) is 12.1 Å². The lowest BCUT2D eigenvalue weighted by Crippen LogP contribution is -1.84. The minimum absolute atomic E-state index is 0.274. The molecule has 2 aromatic carbocycles. The number of hydrogen-bond donors (Lipinski definition) is 0. The van der Waals surface area contributed by atoms with Crippen LogP contribution in [0.2, 0.25) is 0 Å². The summed E-state index contributed by atoms with van der Waals surface area (Å²) >= 11 is 6.76. The van der Waals surface area contributed by atoms with E-state index in [4.69, 9.17) is 4.74 Å². The van der Waals surface area contributed by atoms with Gasteiger partial charge in [0.15, 0.2) is 0 Å². The molecule has 4 heteroatoms. The van der Waals surface area contributed by atoms with Crippen molar-refractivity contribution in [1.29, 1.82) is 0 Å². The molecule has 1 nitrogen and oxygen atoms in total. The Balaban J connectivity index is 2.20. The van der Waals surface area contributed by atoms with Crippen molar-refractivity contribution in [1.82, 2.24) is 0 Å². The van der Waals surface area contributed by atoms with Crippen molar-refractivity contribution >= 4 is 31.9 Å². The molecular formula is C12H7Br2FO. The van der Waals surface area contributed by atoms with Gasteiger partial charge in [0.1, 0.15) is 17.3 Å². The maximum atomic E-state index is 12.7. The number of rotatable bonds is 2. The van der Waals surface area contributed by atoms with Gasteiger partial charge < -0.3 is 4.74 Å². The fraction of sp³-hybridized carbons (Fsp3) is 0. The van der Waals surface area contributed by atoms with E-state index < -0.39 is 0 Å². The zero-order valence-electron chi connectivity index (χ0n) is 8.08. The van der Waals surface area contributed by atoms with Gasteiger partial charge in [-0.05, 0) is 74.3 Å². The molecule has 0 heterocycles. The lowest BCUT2D eigenvalue weighted by molar-refractivity contribution is 0.480. The summed E-state index contributed by atoms with van der Waals surface area (Å²) in [5, 5.41) is 0. The molecule has 0 saturated heterocycles. The van der Waals surface area contributed by atoms with Gasteiger partial charge in [-0.2, -0.15) is 0 Å². The molecule has 82 valence electrons. The third-order valence-corrected chi connectivity index (χ3v) is 3.82. The number of halogens is 3. The molecule has 0 bridgehead atoms. The van der Waals surface area contributed by atoms with E-state index in [0.717, 1.165) is 8.95 Å². The molecule has 0 N–H and O–H groups in total. The Kier molecular flexibility index (Phi) is 3.61. The minimum atomic E-state index is -0.274. The van der Waals surface area contributed by atoms with Gasteiger partial charge in [0, 0.05) is 8.95 Å². The zero-order chi connectivity index (χ0) is 11.5. The Morgan fingerprint density at radius 1 is 0.812 bits per heavy atom. The molecule has 0 amide bonds. The molecule has 0 radical (unpaired) electrons. The summed E-state index contributed by atoms with van der Waals surface area (Å²) in [6.45, 7) is 0. The summed E-state index contributed by atoms with van der Waals surface area (Å²) in [5.74, 6) is 1.03. The second-order valence-electron chi connectivity index (χ2n) is 3.13. The first-order chi connectivity index (χ1) is 7.65. The Labute approximate surface area is 110 Å².